The van der Waals surface area contributed by atoms with E-state index in [1.807, 2.05) is 24.3 Å². The van der Waals surface area contributed by atoms with Crippen LogP contribution in [0.4, 0.5) is 5.69 Å². The summed E-state index contributed by atoms with van der Waals surface area (Å²) >= 11 is 5.98. The van der Waals surface area contributed by atoms with E-state index < -0.39 is 10.1 Å². The number of aromatic nitrogens is 2. The SMILES string of the molecule is CCN(CC)CCn1c(Cc2ccc(Cl)cc2)nc2cc([N+](=O)[O-])ccc21.CS(=O)(=O)[O-]. The number of hydrogen-bond acceptors (Lipinski definition) is 7. The smallest absolute Gasteiger partial charge is 0.271 e. The second-order valence-corrected chi connectivity index (χ2v) is 8.99. The van der Waals surface area contributed by atoms with Crippen LogP contribution in [0.2, 0.25) is 5.02 Å². The van der Waals surface area contributed by atoms with Crippen molar-refractivity contribution in [1.29, 1.82) is 0 Å². The number of nitro benzene ring substituents is 1. The van der Waals surface area contributed by atoms with Crippen LogP contribution >= 0.6 is 11.6 Å². The summed E-state index contributed by atoms with van der Waals surface area (Å²) in [6.07, 6.45) is 1.25. The van der Waals surface area contributed by atoms with E-state index in [0.29, 0.717) is 23.2 Å². The zero-order chi connectivity index (χ0) is 23.9. The lowest BCUT2D eigenvalue weighted by Crippen LogP contribution is -2.27. The first-order chi connectivity index (χ1) is 15.0. The van der Waals surface area contributed by atoms with Crippen molar-refractivity contribution in [2.24, 2.45) is 0 Å². The summed E-state index contributed by atoms with van der Waals surface area (Å²) < 4.78 is 29.4. The molecule has 0 fully saturated rings. The van der Waals surface area contributed by atoms with E-state index in [9.17, 15) is 10.1 Å². The monoisotopic (exact) mass is 481 g/mol. The number of imidazole rings is 1. The van der Waals surface area contributed by atoms with Gasteiger partial charge in [0, 0.05) is 42.9 Å². The molecule has 174 valence electrons. The highest BCUT2D eigenvalue weighted by Gasteiger charge is 2.15. The Morgan fingerprint density at radius 2 is 1.72 bits per heavy atom. The second kappa shape index (κ2) is 11.4. The topological polar surface area (TPSA) is 121 Å². The molecular weight excluding hydrogens is 456 g/mol. The highest BCUT2D eigenvalue weighted by molar-refractivity contribution is 7.84. The van der Waals surface area contributed by atoms with E-state index in [0.717, 1.165) is 43.1 Å². The van der Waals surface area contributed by atoms with Gasteiger partial charge in [-0.25, -0.2) is 13.4 Å². The van der Waals surface area contributed by atoms with Crippen LogP contribution < -0.4 is 0 Å². The number of fused-ring (bicyclic) bond motifs is 1. The Bertz CT molecular complexity index is 1150. The first-order valence-electron chi connectivity index (χ1n) is 10.0. The van der Waals surface area contributed by atoms with Gasteiger partial charge in [0.1, 0.15) is 5.82 Å². The highest BCUT2D eigenvalue weighted by Crippen LogP contribution is 2.24. The van der Waals surface area contributed by atoms with Gasteiger partial charge in [0.15, 0.2) is 0 Å². The number of likely N-dealkylation sites (N-methyl/N-ethyl adjacent to an activating group) is 1. The molecule has 32 heavy (non-hydrogen) atoms. The van der Waals surface area contributed by atoms with Crippen LogP contribution in [-0.4, -0.2) is 58.2 Å². The van der Waals surface area contributed by atoms with Gasteiger partial charge in [0.05, 0.1) is 26.1 Å². The van der Waals surface area contributed by atoms with E-state index >= 15 is 0 Å². The van der Waals surface area contributed by atoms with Crippen molar-refractivity contribution in [3.63, 3.8) is 0 Å². The number of nitrogens with zero attached hydrogens (tertiary/aromatic N) is 4. The van der Waals surface area contributed by atoms with Crippen molar-refractivity contribution in [3.8, 4) is 0 Å². The van der Waals surface area contributed by atoms with Crippen LogP contribution in [0.15, 0.2) is 42.5 Å². The fourth-order valence-corrected chi connectivity index (χ4v) is 3.36. The largest absolute Gasteiger partial charge is 0.748 e. The molecule has 1 heterocycles. The predicted molar refractivity (Wildman–Crippen MR) is 124 cm³/mol. The summed E-state index contributed by atoms with van der Waals surface area (Å²) in [5.41, 5.74) is 2.76. The molecule has 11 heteroatoms. The van der Waals surface area contributed by atoms with Gasteiger partial charge in [-0.1, -0.05) is 37.6 Å². The molecule has 0 saturated carbocycles. The molecule has 0 spiro atoms. The lowest BCUT2D eigenvalue weighted by atomic mass is 10.1. The lowest BCUT2D eigenvalue weighted by molar-refractivity contribution is -0.384. The van der Waals surface area contributed by atoms with Crippen molar-refractivity contribution in [1.82, 2.24) is 14.5 Å². The summed E-state index contributed by atoms with van der Waals surface area (Å²) in [5, 5.41) is 11.8. The fraction of sp³-hybridized carbons (Fsp3) is 0.381. The van der Waals surface area contributed by atoms with Crippen molar-refractivity contribution < 1.29 is 17.9 Å². The van der Waals surface area contributed by atoms with E-state index in [1.165, 1.54) is 0 Å². The second-order valence-electron chi connectivity index (χ2n) is 7.14. The number of benzene rings is 2. The third-order valence-electron chi connectivity index (χ3n) is 4.83. The maximum absolute atomic E-state index is 11.1. The van der Waals surface area contributed by atoms with Gasteiger partial charge in [-0.2, -0.15) is 0 Å². The van der Waals surface area contributed by atoms with Gasteiger partial charge in [-0.3, -0.25) is 10.1 Å². The van der Waals surface area contributed by atoms with Gasteiger partial charge in [0.25, 0.3) is 5.69 Å². The molecule has 0 aliphatic rings. The Hall–Kier alpha value is -2.53. The number of rotatable bonds is 8. The number of halogens is 1. The minimum absolute atomic E-state index is 0.0638. The Morgan fingerprint density at radius 3 is 2.25 bits per heavy atom. The van der Waals surface area contributed by atoms with Gasteiger partial charge in [0.2, 0.25) is 0 Å². The third-order valence-corrected chi connectivity index (χ3v) is 5.08. The van der Waals surface area contributed by atoms with Crippen LogP contribution in [0.3, 0.4) is 0 Å². The van der Waals surface area contributed by atoms with Crippen LogP contribution in [0, 0.1) is 10.1 Å². The molecule has 0 N–H and O–H groups in total. The standard InChI is InChI=1S/C20H23ClN4O2.CH4O3S/c1-3-23(4-2)11-12-24-19-10-9-17(25(26)27)14-18(19)22-20(24)13-15-5-7-16(21)8-6-15;1-5(2,3)4/h5-10,14H,3-4,11-13H2,1-2H3;1H3,(H,2,3,4)/p-1. The van der Waals surface area contributed by atoms with Gasteiger partial charge in [-0.05, 0) is 36.9 Å². The Morgan fingerprint density at radius 1 is 1.12 bits per heavy atom. The fourth-order valence-electron chi connectivity index (χ4n) is 3.23. The first-order valence-corrected chi connectivity index (χ1v) is 12.2. The maximum Gasteiger partial charge on any atom is 0.271 e. The molecule has 2 aromatic carbocycles. The Kier molecular flexibility index (Phi) is 9.14. The zero-order valence-electron chi connectivity index (χ0n) is 18.2. The number of non-ortho nitro benzene ring substituents is 1. The molecule has 0 amide bonds. The van der Waals surface area contributed by atoms with Crippen LogP contribution in [0.1, 0.15) is 25.2 Å². The first kappa shape index (κ1) is 25.7. The molecule has 1 aromatic heterocycles. The summed E-state index contributed by atoms with van der Waals surface area (Å²) in [6, 6.07) is 12.6. The van der Waals surface area contributed by atoms with Crippen molar-refractivity contribution >= 4 is 38.4 Å². The molecule has 0 saturated heterocycles. The Balaban J connectivity index is 0.000000654. The van der Waals surface area contributed by atoms with Crippen molar-refractivity contribution in [2.45, 2.75) is 26.8 Å². The molecule has 0 bridgehead atoms. The molecule has 3 aromatic rings. The van der Waals surface area contributed by atoms with Crippen LogP contribution in [0.25, 0.3) is 11.0 Å². The molecule has 0 radical (unpaired) electrons. The number of hydrogen-bond donors (Lipinski definition) is 0. The summed E-state index contributed by atoms with van der Waals surface area (Å²) in [7, 11) is -3.92. The predicted octanol–water partition coefficient (Wildman–Crippen LogP) is 3.69. The molecule has 9 nitrogen and oxygen atoms in total. The van der Waals surface area contributed by atoms with Crippen LogP contribution in [0.5, 0.6) is 0 Å². The lowest BCUT2D eigenvalue weighted by Gasteiger charge is -2.19. The summed E-state index contributed by atoms with van der Waals surface area (Å²) in [5.74, 6) is 0.903. The average molecular weight is 482 g/mol. The van der Waals surface area contributed by atoms with Gasteiger partial charge >= 0.3 is 0 Å². The van der Waals surface area contributed by atoms with Crippen molar-refractivity contribution in [2.75, 3.05) is 25.9 Å². The van der Waals surface area contributed by atoms with Crippen molar-refractivity contribution in [3.05, 3.63) is 69.0 Å². The van der Waals surface area contributed by atoms with Gasteiger partial charge < -0.3 is 14.0 Å². The molecule has 3 rings (SSSR count). The average Bonchev–Trinajstić information content (AvgIpc) is 3.05. The molecule has 0 unspecified atom stereocenters. The summed E-state index contributed by atoms with van der Waals surface area (Å²) in [4.78, 5) is 17.8. The van der Waals surface area contributed by atoms with Gasteiger partial charge in [-0.15, -0.1) is 0 Å². The third kappa shape index (κ3) is 7.86. The molecule has 0 atom stereocenters. The minimum atomic E-state index is -3.92. The highest BCUT2D eigenvalue weighted by atomic mass is 35.5. The van der Waals surface area contributed by atoms with E-state index in [4.69, 9.17) is 29.6 Å². The number of nitro groups is 1. The summed E-state index contributed by atoms with van der Waals surface area (Å²) in [6.45, 7) is 7.96. The van der Waals surface area contributed by atoms with E-state index in [-0.39, 0.29) is 10.6 Å². The maximum atomic E-state index is 11.1. The van der Waals surface area contributed by atoms with E-state index in [2.05, 4.69) is 23.3 Å². The molecule has 0 aliphatic carbocycles. The molecular formula is C21H26ClN4O5S-. The van der Waals surface area contributed by atoms with Crippen LogP contribution in [-0.2, 0) is 23.1 Å². The molecule has 0 aliphatic heterocycles. The van der Waals surface area contributed by atoms with E-state index in [1.54, 1.807) is 18.2 Å². The Labute approximate surface area is 192 Å². The minimum Gasteiger partial charge on any atom is -0.748 e. The normalized spacial score (nSPS) is 11.4. The zero-order valence-corrected chi connectivity index (χ0v) is 19.8. The quantitative estimate of drug-likeness (QED) is 0.273.